The molecule has 1 unspecified atom stereocenters. The number of hydrogen-bond donors (Lipinski definition) is 1. The highest BCUT2D eigenvalue weighted by molar-refractivity contribution is 7.15. The van der Waals surface area contributed by atoms with Crippen LogP contribution in [0, 0.1) is 0 Å². The van der Waals surface area contributed by atoms with Gasteiger partial charge < -0.3 is 10.2 Å². The number of amides is 2. The molecule has 3 heterocycles. The Balaban J connectivity index is 1.58. The molecule has 2 amide bonds. The molecular weight excluding hydrogens is 372 g/mol. The van der Waals surface area contributed by atoms with E-state index in [1.807, 2.05) is 40.2 Å². The second kappa shape index (κ2) is 6.74. The average molecular weight is 389 g/mol. The van der Waals surface area contributed by atoms with Crippen LogP contribution in [0.15, 0.2) is 35.8 Å². The van der Waals surface area contributed by atoms with Crippen molar-refractivity contribution in [2.45, 2.75) is 19.4 Å². The number of carbonyl (C=O) groups excluding carboxylic acids is 2. The minimum absolute atomic E-state index is 0.0259. The van der Waals surface area contributed by atoms with E-state index in [0.29, 0.717) is 23.8 Å². The van der Waals surface area contributed by atoms with Crippen LogP contribution < -0.4 is 5.32 Å². The predicted molar refractivity (Wildman–Crippen MR) is 102 cm³/mol. The Kier molecular flexibility index (Phi) is 4.42. The molecule has 134 valence electrons. The third-order valence-corrected chi connectivity index (χ3v) is 5.54. The molecule has 0 spiro atoms. The van der Waals surface area contributed by atoms with E-state index in [9.17, 15) is 9.59 Å². The Morgan fingerprint density at radius 3 is 2.81 bits per heavy atom. The minimum Gasteiger partial charge on any atom is -0.352 e. The molecule has 26 heavy (non-hydrogen) atoms. The quantitative estimate of drug-likeness (QED) is 0.749. The number of benzene rings is 1. The van der Waals surface area contributed by atoms with Gasteiger partial charge in [-0.3, -0.25) is 14.0 Å². The predicted octanol–water partition coefficient (Wildman–Crippen LogP) is 3.07. The summed E-state index contributed by atoms with van der Waals surface area (Å²) in [6.07, 6.45) is 2.65. The van der Waals surface area contributed by atoms with Crippen LogP contribution in [0.5, 0.6) is 0 Å². The van der Waals surface area contributed by atoms with Gasteiger partial charge in [-0.25, -0.2) is 4.98 Å². The fourth-order valence-electron chi connectivity index (χ4n) is 3.21. The van der Waals surface area contributed by atoms with Crippen molar-refractivity contribution >= 4 is 39.7 Å². The van der Waals surface area contributed by atoms with Crippen LogP contribution in [0.4, 0.5) is 0 Å². The first kappa shape index (κ1) is 17.1. The smallest absolute Gasteiger partial charge is 0.271 e. The third-order valence-electron chi connectivity index (χ3n) is 4.45. The molecule has 6 nitrogen and oxygen atoms in total. The van der Waals surface area contributed by atoms with Gasteiger partial charge in [-0.15, -0.1) is 11.3 Å². The minimum atomic E-state index is -0.0653. The highest BCUT2D eigenvalue weighted by Crippen LogP contribution is 2.26. The maximum absolute atomic E-state index is 12.9. The summed E-state index contributed by atoms with van der Waals surface area (Å²) >= 11 is 7.38. The Morgan fingerprint density at radius 1 is 1.31 bits per heavy atom. The van der Waals surface area contributed by atoms with Gasteiger partial charge >= 0.3 is 0 Å². The standard InChI is InChI=1S/C18H17ClN4O2S/c1-11(24)20-14-6-7-22(8-14)17(25)16-10-26-18-21-15(9-23(16)18)12-2-4-13(19)5-3-12/h2-5,9-10,14H,6-8H2,1H3,(H,20,24). The first-order valence-corrected chi connectivity index (χ1v) is 9.56. The van der Waals surface area contributed by atoms with E-state index in [2.05, 4.69) is 10.3 Å². The van der Waals surface area contributed by atoms with Gasteiger partial charge in [0, 0.05) is 48.2 Å². The van der Waals surface area contributed by atoms with Crippen molar-refractivity contribution in [3.05, 3.63) is 46.6 Å². The highest BCUT2D eigenvalue weighted by Gasteiger charge is 2.29. The summed E-state index contributed by atoms with van der Waals surface area (Å²) in [7, 11) is 0. The van der Waals surface area contributed by atoms with Gasteiger partial charge in [0.2, 0.25) is 5.91 Å². The van der Waals surface area contributed by atoms with Crippen LogP contribution in [0.1, 0.15) is 23.8 Å². The lowest BCUT2D eigenvalue weighted by Gasteiger charge is -2.16. The Morgan fingerprint density at radius 2 is 2.08 bits per heavy atom. The first-order chi connectivity index (χ1) is 12.5. The Bertz CT molecular complexity index is 979. The molecule has 1 aromatic carbocycles. The molecule has 1 saturated heterocycles. The monoisotopic (exact) mass is 388 g/mol. The number of halogens is 1. The van der Waals surface area contributed by atoms with Crippen molar-refractivity contribution in [3.63, 3.8) is 0 Å². The number of thiazole rings is 1. The molecular formula is C18H17ClN4O2S. The number of imidazole rings is 1. The Labute approximate surface area is 159 Å². The maximum Gasteiger partial charge on any atom is 0.271 e. The van der Waals surface area contributed by atoms with Crippen molar-refractivity contribution in [1.29, 1.82) is 0 Å². The number of nitrogens with zero attached hydrogens (tertiary/aromatic N) is 3. The lowest BCUT2D eigenvalue weighted by atomic mass is 10.2. The number of rotatable bonds is 3. The molecule has 2 aromatic heterocycles. The number of nitrogens with one attached hydrogen (secondary N) is 1. The molecule has 8 heteroatoms. The van der Waals surface area contributed by atoms with E-state index in [-0.39, 0.29) is 17.9 Å². The van der Waals surface area contributed by atoms with Crippen LogP contribution in [0.25, 0.3) is 16.2 Å². The second-order valence-electron chi connectivity index (χ2n) is 6.34. The lowest BCUT2D eigenvalue weighted by molar-refractivity contribution is -0.119. The van der Waals surface area contributed by atoms with Gasteiger partial charge in [-0.05, 0) is 18.6 Å². The fourth-order valence-corrected chi connectivity index (χ4v) is 4.18. The molecule has 0 radical (unpaired) electrons. The van der Waals surface area contributed by atoms with E-state index in [1.165, 1.54) is 18.3 Å². The molecule has 0 bridgehead atoms. The molecule has 1 aliphatic rings. The van der Waals surface area contributed by atoms with Gasteiger partial charge in [-0.2, -0.15) is 0 Å². The molecule has 1 aliphatic heterocycles. The molecule has 0 saturated carbocycles. The fraction of sp³-hybridized carbons (Fsp3) is 0.278. The zero-order valence-corrected chi connectivity index (χ0v) is 15.7. The van der Waals surface area contributed by atoms with Crippen molar-refractivity contribution in [3.8, 4) is 11.3 Å². The van der Waals surface area contributed by atoms with Crippen molar-refractivity contribution in [2.75, 3.05) is 13.1 Å². The van der Waals surface area contributed by atoms with Gasteiger partial charge in [-0.1, -0.05) is 23.7 Å². The third kappa shape index (κ3) is 3.20. The summed E-state index contributed by atoms with van der Waals surface area (Å²) in [6.45, 7) is 2.67. The van der Waals surface area contributed by atoms with Crippen LogP contribution in [0.3, 0.4) is 0 Å². The molecule has 1 fully saturated rings. The lowest BCUT2D eigenvalue weighted by Crippen LogP contribution is -2.37. The van der Waals surface area contributed by atoms with Gasteiger partial charge in [0.05, 0.1) is 5.69 Å². The summed E-state index contributed by atoms with van der Waals surface area (Å²) in [5.74, 6) is -0.103. The van der Waals surface area contributed by atoms with Crippen LogP contribution in [0.2, 0.25) is 5.02 Å². The average Bonchev–Trinajstić information content (AvgIpc) is 3.29. The topological polar surface area (TPSA) is 66.7 Å². The van der Waals surface area contributed by atoms with E-state index in [1.54, 1.807) is 4.90 Å². The molecule has 1 N–H and O–H groups in total. The normalized spacial score (nSPS) is 17.0. The molecule has 3 aromatic rings. The number of fused-ring (bicyclic) bond motifs is 1. The first-order valence-electron chi connectivity index (χ1n) is 8.30. The summed E-state index contributed by atoms with van der Waals surface area (Å²) in [4.78, 5) is 31.3. The second-order valence-corrected chi connectivity index (χ2v) is 7.62. The van der Waals surface area contributed by atoms with Crippen LogP contribution in [-0.2, 0) is 4.79 Å². The van der Waals surface area contributed by atoms with Crippen LogP contribution >= 0.6 is 22.9 Å². The van der Waals surface area contributed by atoms with E-state index in [0.717, 1.165) is 22.6 Å². The molecule has 0 aliphatic carbocycles. The zero-order valence-electron chi connectivity index (χ0n) is 14.1. The number of aromatic nitrogens is 2. The van der Waals surface area contributed by atoms with Gasteiger partial charge in [0.25, 0.3) is 5.91 Å². The highest BCUT2D eigenvalue weighted by atomic mass is 35.5. The van der Waals surface area contributed by atoms with Crippen molar-refractivity contribution < 1.29 is 9.59 Å². The summed E-state index contributed by atoms with van der Waals surface area (Å²) in [5, 5.41) is 5.39. The SMILES string of the molecule is CC(=O)NC1CCN(C(=O)c2csc3nc(-c4ccc(Cl)cc4)cn23)C1. The zero-order chi connectivity index (χ0) is 18.3. The summed E-state index contributed by atoms with van der Waals surface area (Å²) < 4.78 is 1.84. The van der Waals surface area contributed by atoms with Gasteiger partial charge in [0.15, 0.2) is 4.96 Å². The maximum atomic E-state index is 12.9. The van der Waals surface area contributed by atoms with Crippen LogP contribution in [-0.4, -0.2) is 45.2 Å². The number of carbonyl (C=O) groups is 2. The number of likely N-dealkylation sites (tertiary alicyclic amines) is 1. The van der Waals surface area contributed by atoms with E-state index < -0.39 is 0 Å². The van der Waals surface area contributed by atoms with E-state index >= 15 is 0 Å². The van der Waals surface area contributed by atoms with Crippen molar-refractivity contribution in [1.82, 2.24) is 19.6 Å². The molecule has 4 rings (SSSR count). The van der Waals surface area contributed by atoms with E-state index in [4.69, 9.17) is 11.6 Å². The largest absolute Gasteiger partial charge is 0.352 e. The number of hydrogen-bond acceptors (Lipinski definition) is 4. The summed E-state index contributed by atoms with van der Waals surface area (Å²) in [5.41, 5.74) is 2.36. The summed E-state index contributed by atoms with van der Waals surface area (Å²) in [6, 6.07) is 7.49. The molecule has 1 atom stereocenters. The van der Waals surface area contributed by atoms with Gasteiger partial charge in [0.1, 0.15) is 5.69 Å². The van der Waals surface area contributed by atoms with Crippen molar-refractivity contribution in [2.24, 2.45) is 0 Å². The Hall–Kier alpha value is -2.38.